The summed E-state index contributed by atoms with van der Waals surface area (Å²) >= 11 is 0. The Morgan fingerprint density at radius 3 is 2.89 bits per heavy atom. The molecule has 0 aliphatic rings. The molecule has 0 aliphatic heterocycles. The van der Waals surface area contributed by atoms with E-state index < -0.39 is 5.97 Å². The van der Waals surface area contributed by atoms with E-state index in [-0.39, 0.29) is 11.7 Å². The van der Waals surface area contributed by atoms with Crippen LogP contribution in [0.3, 0.4) is 0 Å². The van der Waals surface area contributed by atoms with Crippen molar-refractivity contribution in [3.05, 3.63) is 24.0 Å². The van der Waals surface area contributed by atoms with Gasteiger partial charge in [0.1, 0.15) is 0 Å². The molecule has 1 rings (SSSR count). The monoisotopic (exact) mass is 250 g/mol. The van der Waals surface area contributed by atoms with Crippen molar-refractivity contribution in [2.45, 2.75) is 52.0 Å². The second-order valence-corrected chi connectivity index (χ2v) is 4.60. The van der Waals surface area contributed by atoms with E-state index in [2.05, 4.69) is 24.1 Å². The van der Waals surface area contributed by atoms with E-state index in [9.17, 15) is 4.79 Å². The number of hydrogen-bond acceptors (Lipinski definition) is 3. The average Bonchev–Trinajstić information content (AvgIpc) is 2.35. The SMILES string of the molecule is CCCCCCC(C)Nc1cccnc1C(=O)O. The number of carboxylic acids is 1. The zero-order valence-electron chi connectivity index (χ0n) is 11.1. The summed E-state index contributed by atoms with van der Waals surface area (Å²) in [5, 5.41) is 12.2. The molecule has 0 saturated heterocycles. The molecule has 0 aliphatic carbocycles. The van der Waals surface area contributed by atoms with E-state index >= 15 is 0 Å². The van der Waals surface area contributed by atoms with Crippen molar-refractivity contribution >= 4 is 11.7 Å². The van der Waals surface area contributed by atoms with Gasteiger partial charge in [-0.1, -0.05) is 32.6 Å². The van der Waals surface area contributed by atoms with Crippen LogP contribution >= 0.6 is 0 Å². The van der Waals surface area contributed by atoms with Gasteiger partial charge in [0.05, 0.1) is 5.69 Å². The Hall–Kier alpha value is -1.58. The van der Waals surface area contributed by atoms with Crippen LogP contribution in [0.15, 0.2) is 18.3 Å². The molecular formula is C14H22N2O2. The summed E-state index contributed by atoms with van der Waals surface area (Å²) in [6.07, 6.45) is 7.45. The Morgan fingerprint density at radius 1 is 1.44 bits per heavy atom. The largest absolute Gasteiger partial charge is 0.476 e. The van der Waals surface area contributed by atoms with Crippen LogP contribution in [0.4, 0.5) is 5.69 Å². The van der Waals surface area contributed by atoms with E-state index in [4.69, 9.17) is 5.11 Å². The van der Waals surface area contributed by atoms with Crippen LogP contribution < -0.4 is 5.32 Å². The minimum atomic E-state index is -0.990. The first kappa shape index (κ1) is 14.5. The van der Waals surface area contributed by atoms with Gasteiger partial charge in [0.15, 0.2) is 5.69 Å². The summed E-state index contributed by atoms with van der Waals surface area (Å²) < 4.78 is 0. The summed E-state index contributed by atoms with van der Waals surface area (Å²) in [6, 6.07) is 3.78. The molecule has 1 heterocycles. The quantitative estimate of drug-likeness (QED) is 0.693. The van der Waals surface area contributed by atoms with Gasteiger partial charge in [0.2, 0.25) is 0 Å². The maximum absolute atomic E-state index is 11.0. The zero-order chi connectivity index (χ0) is 13.4. The summed E-state index contributed by atoms with van der Waals surface area (Å²) in [7, 11) is 0. The van der Waals surface area contributed by atoms with E-state index in [1.165, 1.54) is 31.9 Å². The van der Waals surface area contributed by atoms with Crippen LogP contribution in [0.2, 0.25) is 0 Å². The molecule has 1 unspecified atom stereocenters. The molecule has 4 heteroatoms. The predicted octanol–water partition coefficient (Wildman–Crippen LogP) is 3.55. The topological polar surface area (TPSA) is 62.2 Å². The van der Waals surface area contributed by atoms with Gasteiger partial charge in [-0.05, 0) is 25.5 Å². The number of nitrogens with zero attached hydrogens (tertiary/aromatic N) is 1. The summed E-state index contributed by atoms with van der Waals surface area (Å²) in [6.45, 7) is 4.26. The number of nitrogens with one attached hydrogen (secondary N) is 1. The summed E-state index contributed by atoms with van der Waals surface area (Å²) in [4.78, 5) is 14.9. The first-order valence-corrected chi connectivity index (χ1v) is 6.60. The molecule has 2 N–H and O–H groups in total. The highest BCUT2D eigenvalue weighted by Crippen LogP contribution is 2.15. The molecule has 0 radical (unpaired) electrons. The standard InChI is InChI=1S/C14H22N2O2/c1-3-4-5-6-8-11(2)16-12-9-7-10-15-13(12)14(17)18/h7,9-11,16H,3-6,8H2,1-2H3,(H,17,18). The van der Waals surface area contributed by atoms with Crippen molar-refractivity contribution in [2.24, 2.45) is 0 Å². The average molecular weight is 250 g/mol. The molecule has 18 heavy (non-hydrogen) atoms. The molecule has 1 aromatic rings. The molecule has 0 aromatic carbocycles. The Morgan fingerprint density at radius 2 is 2.22 bits per heavy atom. The highest BCUT2D eigenvalue weighted by atomic mass is 16.4. The third kappa shape index (κ3) is 4.73. The van der Waals surface area contributed by atoms with E-state index in [0.717, 1.165) is 6.42 Å². The fraction of sp³-hybridized carbons (Fsp3) is 0.571. The Kier molecular flexibility index (Phi) is 6.19. The van der Waals surface area contributed by atoms with Gasteiger partial charge in [-0.2, -0.15) is 0 Å². The van der Waals surface area contributed by atoms with Gasteiger partial charge in [-0.25, -0.2) is 9.78 Å². The normalized spacial score (nSPS) is 12.1. The van der Waals surface area contributed by atoms with E-state index in [1.54, 1.807) is 12.1 Å². The highest BCUT2D eigenvalue weighted by Gasteiger charge is 2.12. The number of aromatic nitrogens is 1. The van der Waals surface area contributed by atoms with Crippen LogP contribution in [0.1, 0.15) is 56.4 Å². The molecular weight excluding hydrogens is 228 g/mol. The fourth-order valence-electron chi connectivity index (χ4n) is 1.91. The van der Waals surface area contributed by atoms with Crippen LogP contribution in [-0.4, -0.2) is 22.1 Å². The highest BCUT2D eigenvalue weighted by molar-refractivity contribution is 5.91. The summed E-state index contributed by atoms with van der Waals surface area (Å²) in [5.74, 6) is -0.990. The van der Waals surface area contributed by atoms with Crippen LogP contribution in [-0.2, 0) is 0 Å². The van der Waals surface area contributed by atoms with Crippen molar-refractivity contribution in [1.82, 2.24) is 4.98 Å². The second-order valence-electron chi connectivity index (χ2n) is 4.60. The minimum absolute atomic E-state index is 0.0953. The third-order valence-corrected chi connectivity index (χ3v) is 2.90. The van der Waals surface area contributed by atoms with Gasteiger partial charge in [-0.15, -0.1) is 0 Å². The maximum atomic E-state index is 11.0. The van der Waals surface area contributed by atoms with Crippen molar-refractivity contribution in [3.8, 4) is 0 Å². The zero-order valence-corrected chi connectivity index (χ0v) is 11.1. The minimum Gasteiger partial charge on any atom is -0.476 e. The van der Waals surface area contributed by atoms with Gasteiger partial charge in [0, 0.05) is 12.2 Å². The lowest BCUT2D eigenvalue weighted by Crippen LogP contribution is -2.18. The van der Waals surface area contributed by atoms with Gasteiger partial charge < -0.3 is 10.4 Å². The molecule has 4 nitrogen and oxygen atoms in total. The molecule has 0 amide bonds. The molecule has 1 atom stereocenters. The predicted molar refractivity (Wildman–Crippen MR) is 73.0 cm³/mol. The van der Waals surface area contributed by atoms with Crippen molar-refractivity contribution in [2.75, 3.05) is 5.32 Å². The molecule has 0 bridgehead atoms. The number of aromatic carboxylic acids is 1. The Bertz CT molecular complexity index is 380. The molecule has 0 spiro atoms. The number of anilines is 1. The maximum Gasteiger partial charge on any atom is 0.356 e. The first-order chi connectivity index (χ1) is 8.65. The summed E-state index contributed by atoms with van der Waals surface area (Å²) in [5.41, 5.74) is 0.700. The number of pyridine rings is 1. The molecule has 0 fully saturated rings. The van der Waals surface area contributed by atoms with Gasteiger partial charge >= 0.3 is 5.97 Å². The lowest BCUT2D eigenvalue weighted by Gasteiger charge is -2.16. The fourth-order valence-corrected chi connectivity index (χ4v) is 1.91. The Labute approximate surface area is 108 Å². The lowest BCUT2D eigenvalue weighted by atomic mass is 10.1. The van der Waals surface area contributed by atoms with Crippen molar-refractivity contribution in [3.63, 3.8) is 0 Å². The number of hydrogen-bond donors (Lipinski definition) is 2. The number of carbonyl (C=O) groups is 1. The van der Waals surface area contributed by atoms with Gasteiger partial charge in [0.25, 0.3) is 0 Å². The number of unbranched alkanes of at least 4 members (excludes halogenated alkanes) is 3. The van der Waals surface area contributed by atoms with Crippen LogP contribution in [0.5, 0.6) is 0 Å². The van der Waals surface area contributed by atoms with Crippen molar-refractivity contribution in [1.29, 1.82) is 0 Å². The molecule has 100 valence electrons. The third-order valence-electron chi connectivity index (χ3n) is 2.90. The smallest absolute Gasteiger partial charge is 0.356 e. The van der Waals surface area contributed by atoms with Crippen LogP contribution in [0.25, 0.3) is 0 Å². The second kappa shape index (κ2) is 7.69. The molecule has 0 saturated carbocycles. The van der Waals surface area contributed by atoms with Crippen LogP contribution in [0, 0.1) is 0 Å². The Balaban J connectivity index is 2.48. The number of rotatable bonds is 8. The van der Waals surface area contributed by atoms with Crippen molar-refractivity contribution < 1.29 is 9.90 Å². The van der Waals surface area contributed by atoms with E-state index in [1.807, 2.05) is 0 Å². The molecule has 1 aromatic heterocycles. The first-order valence-electron chi connectivity index (χ1n) is 6.60. The van der Waals surface area contributed by atoms with Gasteiger partial charge in [-0.3, -0.25) is 0 Å². The van der Waals surface area contributed by atoms with E-state index in [0.29, 0.717) is 5.69 Å². The lowest BCUT2D eigenvalue weighted by molar-refractivity contribution is 0.0691. The number of carboxylic acid groups (broad SMARTS) is 1.